The highest BCUT2D eigenvalue weighted by Crippen LogP contribution is 2.12. The molecule has 0 saturated carbocycles. The van der Waals surface area contributed by atoms with Gasteiger partial charge in [-0.3, -0.25) is 0 Å². The largest absolute Gasteiger partial charge is 0.387 e. The van der Waals surface area contributed by atoms with Gasteiger partial charge in [0.25, 0.3) is 0 Å². The summed E-state index contributed by atoms with van der Waals surface area (Å²) in [4.78, 5) is 8.00. The predicted molar refractivity (Wildman–Crippen MR) is 45.0 cm³/mol. The van der Waals surface area contributed by atoms with E-state index in [1.165, 1.54) is 0 Å². The van der Waals surface area contributed by atoms with Gasteiger partial charge in [-0.15, -0.1) is 0 Å². The summed E-state index contributed by atoms with van der Waals surface area (Å²) in [5.74, 6) is 0. The van der Waals surface area contributed by atoms with E-state index in [2.05, 4.69) is 0 Å². The first-order valence-corrected chi connectivity index (χ1v) is 3.23. The Labute approximate surface area is 73.9 Å². The van der Waals surface area contributed by atoms with Crippen LogP contribution in [0.25, 0.3) is 0 Å². The van der Waals surface area contributed by atoms with Crippen LogP contribution < -0.4 is 5.34 Å². The fourth-order valence-corrected chi connectivity index (χ4v) is 0.730. The van der Waals surface area contributed by atoms with Crippen LogP contribution in [0.4, 0.5) is 0 Å². The lowest BCUT2D eigenvalue weighted by atomic mass is 10.2. The molecule has 0 heterocycles. The molecule has 1 aromatic carbocycles. The third kappa shape index (κ3) is 3.54. The Hall–Kier alpha value is -1.60. The van der Waals surface area contributed by atoms with E-state index in [0.717, 1.165) is 5.34 Å². The Morgan fingerprint density at radius 3 is 2.33 bits per heavy atom. The fourth-order valence-electron chi connectivity index (χ4n) is 0.552. The number of nitriles is 1. The second kappa shape index (κ2) is 6.13. The summed E-state index contributed by atoms with van der Waals surface area (Å²) >= 11 is 5.60. The van der Waals surface area contributed by atoms with E-state index in [1.807, 2.05) is 6.07 Å². The summed E-state index contributed by atoms with van der Waals surface area (Å²) in [5, 5.41) is 17.9. The smallest absolute Gasteiger partial charge is 0.194 e. The summed E-state index contributed by atoms with van der Waals surface area (Å²) in [6.07, 6.45) is 0. The van der Waals surface area contributed by atoms with Crippen LogP contribution in [0.2, 0.25) is 5.02 Å². The average molecular weight is 184 g/mol. The topological polar surface area (TPSA) is 78.0 Å². The van der Waals surface area contributed by atoms with Crippen LogP contribution in [0.15, 0.2) is 24.3 Å². The minimum absolute atomic E-state index is 0.514. The van der Waals surface area contributed by atoms with E-state index in [1.54, 1.807) is 24.3 Å². The van der Waals surface area contributed by atoms with Gasteiger partial charge in [0.1, 0.15) is 6.07 Å². The van der Waals surface area contributed by atoms with E-state index in [9.17, 15) is 0 Å². The normalized spacial score (nSPS) is 7.33. The molecule has 0 aliphatic heterocycles. The number of rotatable bonds is 0. The molecule has 0 aliphatic rings. The first-order chi connectivity index (χ1) is 5.76. The Morgan fingerprint density at radius 1 is 1.50 bits per heavy atom. The molecule has 61 valence electrons. The third-order valence-corrected chi connectivity index (χ3v) is 1.32. The van der Waals surface area contributed by atoms with Gasteiger partial charge in [-0.1, -0.05) is 23.7 Å². The maximum absolute atomic E-state index is 8.38. The molecule has 0 aromatic heterocycles. The standard InChI is InChI=1S/C7H4ClN.NO2/c8-7-4-2-1-3-6(7)5-9;2-1-3/h1-4H;. The van der Waals surface area contributed by atoms with Gasteiger partial charge in [0.2, 0.25) is 0 Å². The molecular formula is C7H4ClN2O2. The highest BCUT2D eigenvalue weighted by Gasteiger charge is 1.92. The first-order valence-electron chi connectivity index (χ1n) is 2.86. The van der Waals surface area contributed by atoms with Crippen molar-refractivity contribution < 1.29 is 0 Å². The van der Waals surface area contributed by atoms with E-state index in [4.69, 9.17) is 27.0 Å². The molecule has 0 fully saturated rings. The molecule has 1 radical (unpaired) electrons. The number of hydrogen-bond acceptors (Lipinski definition) is 4. The van der Waals surface area contributed by atoms with Crippen molar-refractivity contribution in [1.29, 1.82) is 5.26 Å². The van der Waals surface area contributed by atoms with Gasteiger partial charge in [0.05, 0.1) is 10.6 Å². The number of benzene rings is 1. The van der Waals surface area contributed by atoms with Gasteiger partial charge in [-0.25, -0.2) is 0 Å². The zero-order valence-corrected chi connectivity index (χ0v) is 6.65. The van der Waals surface area contributed by atoms with Crippen LogP contribution in [-0.4, -0.2) is 0 Å². The molecule has 0 atom stereocenters. The highest BCUT2D eigenvalue weighted by molar-refractivity contribution is 6.31. The SMILES string of the molecule is N#Cc1ccccc1Cl.O=[N+][O-]. The molecule has 0 saturated heterocycles. The average Bonchev–Trinajstić information content (AvgIpc) is 2.07. The maximum atomic E-state index is 8.38. The predicted octanol–water partition coefficient (Wildman–Crippen LogP) is 1.80. The first kappa shape index (κ1) is 10.4. The Bertz CT molecular complexity index is 296. The minimum Gasteiger partial charge on any atom is -0.194 e. The molecule has 0 spiro atoms. The number of halogens is 1. The molecular weight excluding hydrogens is 180 g/mol. The van der Waals surface area contributed by atoms with Crippen molar-refractivity contribution in [2.24, 2.45) is 0 Å². The van der Waals surface area contributed by atoms with E-state index in [-0.39, 0.29) is 0 Å². The summed E-state index contributed by atoms with van der Waals surface area (Å²) < 4.78 is 0. The number of nitrogens with zero attached hydrogens (tertiary/aromatic N) is 2. The van der Waals surface area contributed by atoms with Gasteiger partial charge in [0, 0.05) is 0 Å². The van der Waals surface area contributed by atoms with E-state index < -0.39 is 0 Å². The quantitative estimate of drug-likeness (QED) is 0.454. The Balaban J connectivity index is 0.000000354. The summed E-state index contributed by atoms with van der Waals surface area (Å²) in [5.41, 5.74) is 0.527. The van der Waals surface area contributed by atoms with Crippen LogP contribution in [0.1, 0.15) is 5.56 Å². The highest BCUT2D eigenvalue weighted by atomic mass is 35.5. The van der Waals surface area contributed by atoms with Crippen LogP contribution in [-0.2, 0) is 0 Å². The van der Waals surface area contributed by atoms with Crippen LogP contribution in [0, 0.1) is 21.4 Å². The van der Waals surface area contributed by atoms with Crippen molar-refractivity contribution in [3.8, 4) is 6.07 Å². The second-order valence-electron chi connectivity index (χ2n) is 1.67. The van der Waals surface area contributed by atoms with Crippen molar-refractivity contribution in [3.63, 3.8) is 0 Å². The van der Waals surface area contributed by atoms with Crippen LogP contribution in [0.3, 0.4) is 0 Å². The van der Waals surface area contributed by atoms with E-state index in [0.29, 0.717) is 10.6 Å². The lowest BCUT2D eigenvalue weighted by Gasteiger charge is -1.88. The van der Waals surface area contributed by atoms with Gasteiger partial charge < -0.3 is 0 Å². The summed E-state index contributed by atoms with van der Waals surface area (Å²) in [7, 11) is 0. The van der Waals surface area contributed by atoms with Crippen LogP contribution in [0.5, 0.6) is 0 Å². The molecule has 0 aliphatic carbocycles. The third-order valence-electron chi connectivity index (χ3n) is 0.994. The molecule has 1 rings (SSSR count). The van der Waals surface area contributed by atoms with Gasteiger partial charge in [-0.2, -0.15) is 15.4 Å². The van der Waals surface area contributed by atoms with Crippen molar-refractivity contribution >= 4 is 11.6 Å². The Kier molecular flexibility index (Phi) is 5.31. The lowest BCUT2D eigenvalue weighted by molar-refractivity contribution is 1.38. The monoisotopic (exact) mass is 183 g/mol. The fraction of sp³-hybridized carbons (Fsp3) is 0. The van der Waals surface area contributed by atoms with Gasteiger partial charge in [0.15, 0.2) is 0 Å². The van der Waals surface area contributed by atoms with Crippen molar-refractivity contribution in [2.75, 3.05) is 0 Å². The van der Waals surface area contributed by atoms with Gasteiger partial charge in [-0.05, 0) is 12.1 Å². The van der Waals surface area contributed by atoms with Crippen molar-refractivity contribution in [2.45, 2.75) is 0 Å². The number of hydrogen-bond donors (Lipinski definition) is 0. The molecule has 0 N–H and O–H groups in total. The molecule has 4 nitrogen and oxygen atoms in total. The molecule has 0 amide bonds. The van der Waals surface area contributed by atoms with E-state index >= 15 is 0 Å². The molecule has 0 bridgehead atoms. The minimum atomic E-state index is 0.514. The Morgan fingerprint density at radius 2 is 2.00 bits per heavy atom. The molecule has 0 unspecified atom stereocenters. The molecule has 5 heteroatoms. The lowest BCUT2D eigenvalue weighted by Crippen LogP contribution is -1.71. The zero-order chi connectivity index (χ0) is 9.40. The van der Waals surface area contributed by atoms with Gasteiger partial charge >= 0.3 is 5.34 Å². The second-order valence-corrected chi connectivity index (χ2v) is 2.07. The summed E-state index contributed by atoms with van der Waals surface area (Å²) in [6, 6.07) is 8.92. The molecule has 1 aromatic rings. The van der Waals surface area contributed by atoms with Crippen molar-refractivity contribution in [1.82, 2.24) is 5.34 Å². The summed E-state index contributed by atoms with van der Waals surface area (Å²) in [6.45, 7) is 0. The van der Waals surface area contributed by atoms with Crippen molar-refractivity contribution in [3.05, 3.63) is 45.0 Å². The maximum Gasteiger partial charge on any atom is 0.387 e. The molecule has 12 heavy (non-hydrogen) atoms. The van der Waals surface area contributed by atoms with Crippen LogP contribution >= 0.6 is 11.6 Å². The zero-order valence-electron chi connectivity index (χ0n) is 5.90.